The van der Waals surface area contributed by atoms with Crippen LogP contribution in [-0.4, -0.2) is 20.5 Å². The zero-order chi connectivity index (χ0) is 16.6. The normalized spacial score (nSPS) is 12.3. The Hall–Kier alpha value is -2.40. The topological polar surface area (TPSA) is 59.3 Å². The molecule has 6 heteroatoms. The van der Waals surface area contributed by atoms with E-state index in [-0.39, 0.29) is 22.7 Å². The maximum Gasteiger partial charge on any atom is 0.273 e. The van der Waals surface area contributed by atoms with Crippen molar-refractivity contribution in [2.24, 2.45) is 0 Å². The van der Waals surface area contributed by atoms with Gasteiger partial charge in [0.15, 0.2) is 11.3 Å². The lowest BCUT2D eigenvalue weighted by atomic mass is 10.0. The second kappa shape index (κ2) is 6.01. The van der Waals surface area contributed by atoms with Crippen molar-refractivity contribution in [3.8, 4) is 0 Å². The van der Waals surface area contributed by atoms with Crippen molar-refractivity contribution < 1.29 is 4.79 Å². The third-order valence-corrected chi connectivity index (χ3v) is 4.14. The van der Waals surface area contributed by atoms with Crippen LogP contribution in [-0.2, 0) is 0 Å². The molecule has 0 spiro atoms. The second-order valence-corrected chi connectivity index (χ2v) is 5.98. The summed E-state index contributed by atoms with van der Waals surface area (Å²) >= 11 is 6.23. The van der Waals surface area contributed by atoms with E-state index in [9.17, 15) is 4.79 Å². The number of carbonyl (C=O) groups excluding carboxylic acids is 1. The molecule has 3 aromatic rings. The van der Waals surface area contributed by atoms with Gasteiger partial charge in [-0.15, -0.1) is 0 Å². The molecular formula is C17H17ClN4O. The summed E-state index contributed by atoms with van der Waals surface area (Å²) in [4.78, 5) is 16.6. The number of nitrogens with zero attached hydrogens (tertiary/aromatic N) is 3. The third kappa shape index (κ3) is 2.92. The molecule has 1 aromatic carbocycles. The molecule has 5 nitrogen and oxygen atoms in total. The number of rotatable bonds is 3. The third-order valence-electron chi connectivity index (χ3n) is 3.79. The predicted octanol–water partition coefficient (Wildman–Crippen LogP) is 3.49. The zero-order valence-electron chi connectivity index (χ0n) is 13.2. The molecule has 0 saturated carbocycles. The zero-order valence-corrected chi connectivity index (χ0v) is 13.9. The van der Waals surface area contributed by atoms with E-state index in [1.54, 1.807) is 18.5 Å². The van der Waals surface area contributed by atoms with Crippen molar-refractivity contribution in [2.45, 2.75) is 26.8 Å². The van der Waals surface area contributed by atoms with Gasteiger partial charge in [0.1, 0.15) is 5.02 Å². The number of fused-ring (bicyclic) bond motifs is 1. The van der Waals surface area contributed by atoms with Gasteiger partial charge in [-0.2, -0.15) is 5.10 Å². The summed E-state index contributed by atoms with van der Waals surface area (Å²) in [6.45, 7) is 6.02. The number of carbonyl (C=O) groups is 1. The number of benzene rings is 1. The molecule has 0 aliphatic heterocycles. The minimum atomic E-state index is -0.312. The van der Waals surface area contributed by atoms with Crippen LogP contribution >= 0.6 is 11.6 Å². The summed E-state index contributed by atoms with van der Waals surface area (Å²) in [5.41, 5.74) is 4.06. The van der Waals surface area contributed by atoms with Crippen molar-refractivity contribution >= 4 is 23.2 Å². The van der Waals surface area contributed by atoms with Gasteiger partial charge in [-0.3, -0.25) is 4.79 Å². The van der Waals surface area contributed by atoms with Crippen LogP contribution in [0.5, 0.6) is 0 Å². The first-order valence-corrected chi connectivity index (χ1v) is 7.72. The van der Waals surface area contributed by atoms with E-state index in [1.807, 2.05) is 32.9 Å². The molecule has 1 unspecified atom stereocenters. The number of nitrogens with one attached hydrogen (secondary N) is 1. The Labute approximate surface area is 139 Å². The summed E-state index contributed by atoms with van der Waals surface area (Å²) < 4.78 is 1.50. The van der Waals surface area contributed by atoms with Crippen LogP contribution in [0.15, 0.2) is 36.7 Å². The van der Waals surface area contributed by atoms with E-state index < -0.39 is 0 Å². The first kappa shape index (κ1) is 15.5. The second-order valence-electron chi connectivity index (χ2n) is 5.61. The fourth-order valence-electron chi connectivity index (χ4n) is 2.66. The average molecular weight is 329 g/mol. The highest BCUT2D eigenvalue weighted by molar-refractivity contribution is 6.36. The van der Waals surface area contributed by atoms with E-state index in [0.29, 0.717) is 5.65 Å². The summed E-state index contributed by atoms with van der Waals surface area (Å²) in [5.74, 6) is -0.312. The smallest absolute Gasteiger partial charge is 0.273 e. The van der Waals surface area contributed by atoms with Crippen LogP contribution in [0.2, 0.25) is 5.02 Å². The first-order chi connectivity index (χ1) is 11.0. The Kier molecular flexibility index (Phi) is 4.05. The fourth-order valence-corrected chi connectivity index (χ4v) is 2.92. The lowest BCUT2D eigenvalue weighted by Gasteiger charge is -2.16. The fraction of sp³-hybridized carbons (Fsp3) is 0.235. The van der Waals surface area contributed by atoms with Gasteiger partial charge in [-0.05, 0) is 38.0 Å². The number of halogens is 1. The molecule has 3 rings (SSSR count). The van der Waals surface area contributed by atoms with Crippen LogP contribution in [0.3, 0.4) is 0 Å². The minimum Gasteiger partial charge on any atom is -0.344 e. The Morgan fingerprint density at radius 2 is 2.13 bits per heavy atom. The molecule has 0 aliphatic carbocycles. The molecular weight excluding hydrogens is 312 g/mol. The molecule has 2 aromatic heterocycles. The van der Waals surface area contributed by atoms with Gasteiger partial charge in [0.2, 0.25) is 0 Å². The molecule has 0 saturated heterocycles. The van der Waals surface area contributed by atoms with Crippen LogP contribution in [0.4, 0.5) is 0 Å². The summed E-state index contributed by atoms with van der Waals surface area (Å²) in [5, 5.41) is 7.41. The van der Waals surface area contributed by atoms with Crippen LogP contribution in [0, 0.1) is 13.8 Å². The van der Waals surface area contributed by atoms with E-state index in [1.165, 1.54) is 10.1 Å². The number of aryl methyl sites for hydroxylation is 2. The van der Waals surface area contributed by atoms with Crippen molar-refractivity contribution in [3.05, 3.63) is 64.1 Å². The van der Waals surface area contributed by atoms with Crippen molar-refractivity contribution in [2.75, 3.05) is 0 Å². The molecule has 0 fully saturated rings. The Morgan fingerprint density at radius 1 is 1.35 bits per heavy atom. The number of amides is 1. The van der Waals surface area contributed by atoms with Crippen molar-refractivity contribution in [1.29, 1.82) is 0 Å². The van der Waals surface area contributed by atoms with Gasteiger partial charge in [-0.1, -0.05) is 35.4 Å². The van der Waals surface area contributed by atoms with Gasteiger partial charge in [0, 0.05) is 12.4 Å². The highest BCUT2D eigenvalue weighted by Crippen LogP contribution is 2.22. The lowest BCUT2D eigenvalue weighted by molar-refractivity contribution is 0.0934. The molecule has 118 valence electrons. The van der Waals surface area contributed by atoms with Crippen LogP contribution < -0.4 is 5.32 Å². The van der Waals surface area contributed by atoms with Crippen LogP contribution in [0.25, 0.3) is 5.65 Å². The molecule has 2 heterocycles. The van der Waals surface area contributed by atoms with E-state index in [4.69, 9.17) is 11.6 Å². The first-order valence-electron chi connectivity index (χ1n) is 7.34. The Balaban J connectivity index is 1.86. The maximum atomic E-state index is 12.5. The van der Waals surface area contributed by atoms with Gasteiger partial charge < -0.3 is 5.32 Å². The summed E-state index contributed by atoms with van der Waals surface area (Å²) in [6, 6.07) is 7.75. The van der Waals surface area contributed by atoms with Gasteiger partial charge >= 0.3 is 0 Å². The van der Waals surface area contributed by atoms with Gasteiger partial charge in [0.05, 0.1) is 6.04 Å². The molecule has 1 atom stereocenters. The highest BCUT2D eigenvalue weighted by atomic mass is 35.5. The summed E-state index contributed by atoms with van der Waals surface area (Å²) in [7, 11) is 0. The largest absolute Gasteiger partial charge is 0.344 e. The number of hydrogen-bond donors (Lipinski definition) is 1. The summed E-state index contributed by atoms with van der Waals surface area (Å²) in [6.07, 6.45) is 3.32. The average Bonchev–Trinajstić information content (AvgIpc) is 2.85. The van der Waals surface area contributed by atoms with E-state index >= 15 is 0 Å². The molecule has 1 amide bonds. The minimum absolute atomic E-state index is 0.142. The molecule has 0 radical (unpaired) electrons. The molecule has 23 heavy (non-hydrogen) atoms. The predicted molar refractivity (Wildman–Crippen MR) is 89.8 cm³/mol. The van der Waals surface area contributed by atoms with Gasteiger partial charge in [-0.25, -0.2) is 9.50 Å². The molecule has 0 aliphatic rings. The SMILES string of the molecule is Cc1ccc(C(C)NC(=O)c2nn3cccnc3c2Cl)c(C)c1. The molecule has 1 N–H and O–H groups in total. The monoisotopic (exact) mass is 328 g/mol. The van der Waals surface area contributed by atoms with Crippen LogP contribution in [0.1, 0.15) is 40.1 Å². The highest BCUT2D eigenvalue weighted by Gasteiger charge is 2.21. The van der Waals surface area contributed by atoms with E-state index in [0.717, 1.165) is 11.1 Å². The number of aromatic nitrogens is 3. The van der Waals surface area contributed by atoms with Gasteiger partial charge in [0.25, 0.3) is 5.91 Å². The lowest BCUT2D eigenvalue weighted by Crippen LogP contribution is -2.27. The Bertz CT molecular complexity index is 887. The van der Waals surface area contributed by atoms with E-state index in [2.05, 4.69) is 21.5 Å². The standard InChI is InChI=1S/C17H17ClN4O/c1-10-5-6-13(11(2)9-10)12(3)20-17(23)15-14(18)16-19-7-4-8-22(16)21-15/h4-9,12H,1-3H3,(H,20,23). The molecule has 0 bridgehead atoms. The number of hydrogen-bond acceptors (Lipinski definition) is 3. The quantitative estimate of drug-likeness (QED) is 0.800. The van der Waals surface area contributed by atoms with Crippen molar-refractivity contribution in [3.63, 3.8) is 0 Å². The maximum absolute atomic E-state index is 12.5. The Morgan fingerprint density at radius 3 is 2.83 bits per heavy atom. The van der Waals surface area contributed by atoms with Crippen molar-refractivity contribution in [1.82, 2.24) is 19.9 Å².